The number of nitrogens with one attached hydrogen (secondary N) is 2. The van der Waals surface area contributed by atoms with E-state index in [1.165, 1.54) is 6.42 Å². The maximum Gasteiger partial charge on any atom is 0.191 e. The average molecular weight is 367 g/mol. The first-order valence-corrected chi connectivity index (χ1v) is 10.7. The van der Waals surface area contributed by atoms with Crippen molar-refractivity contribution in [1.29, 1.82) is 0 Å². The first-order chi connectivity index (χ1) is 12.0. The molecule has 1 aromatic rings. The summed E-state index contributed by atoms with van der Waals surface area (Å²) >= 11 is 0. The van der Waals surface area contributed by atoms with E-state index in [9.17, 15) is 8.42 Å². The lowest BCUT2D eigenvalue weighted by molar-refractivity contribution is 0.206. The maximum atomic E-state index is 12.3. The van der Waals surface area contributed by atoms with Gasteiger partial charge in [-0.2, -0.15) is 0 Å². The molecule has 0 aliphatic carbocycles. The number of piperidine rings is 1. The van der Waals surface area contributed by atoms with Crippen molar-refractivity contribution in [2.75, 3.05) is 39.0 Å². The normalized spacial score (nSPS) is 17.4. The second-order valence-corrected chi connectivity index (χ2v) is 8.50. The van der Waals surface area contributed by atoms with Gasteiger partial charge in [-0.15, -0.1) is 0 Å². The highest BCUT2D eigenvalue weighted by atomic mass is 32.2. The van der Waals surface area contributed by atoms with E-state index in [0.717, 1.165) is 32.5 Å². The van der Waals surface area contributed by atoms with Gasteiger partial charge in [0.05, 0.1) is 10.6 Å². The lowest BCUT2D eigenvalue weighted by Gasteiger charge is -2.32. The van der Waals surface area contributed by atoms with Crippen LogP contribution < -0.4 is 10.6 Å². The molecule has 1 aliphatic rings. The van der Waals surface area contributed by atoms with Crippen LogP contribution in [0.15, 0.2) is 40.2 Å². The Morgan fingerprint density at radius 3 is 2.52 bits per heavy atom. The third-order valence-electron chi connectivity index (χ3n) is 4.46. The van der Waals surface area contributed by atoms with E-state index in [4.69, 9.17) is 0 Å². The van der Waals surface area contributed by atoms with Crippen molar-refractivity contribution in [3.05, 3.63) is 30.3 Å². The zero-order valence-corrected chi connectivity index (χ0v) is 16.1. The Labute approximate surface area is 151 Å². The number of sulfone groups is 1. The molecule has 0 radical (unpaired) electrons. The second kappa shape index (κ2) is 9.77. The van der Waals surface area contributed by atoms with E-state index in [2.05, 4.69) is 27.4 Å². The molecule has 0 spiro atoms. The summed E-state index contributed by atoms with van der Waals surface area (Å²) in [6.07, 6.45) is 3.36. The van der Waals surface area contributed by atoms with Crippen LogP contribution in [-0.4, -0.2) is 64.3 Å². The molecule has 0 amide bonds. The SMILES string of the molecule is CCCN1CCC(NC(=NC)NCCS(=O)(=O)c2ccccc2)CC1. The Balaban J connectivity index is 1.76. The minimum atomic E-state index is -3.26. The fourth-order valence-corrected chi connectivity index (χ4v) is 4.23. The first kappa shape index (κ1) is 19.7. The first-order valence-electron chi connectivity index (χ1n) is 9.02. The molecule has 0 aromatic heterocycles. The van der Waals surface area contributed by atoms with Crippen LogP contribution in [0.2, 0.25) is 0 Å². The number of aliphatic imine (C=N–C) groups is 1. The summed E-state index contributed by atoms with van der Waals surface area (Å²) in [5.74, 6) is 0.726. The molecule has 2 N–H and O–H groups in total. The van der Waals surface area contributed by atoms with Crippen molar-refractivity contribution in [1.82, 2.24) is 15.5 Å². The predicted molar refractivity (Wildman–Crippen MR) is 103 cm³/mol. The van der Waals surface area contributed by atoms with Gasteiger partial charge in [0.1, 0.15) is 0 Å². The highest BCUT2D eigenvalue weighted by Gasteiger charge is 2.19. The van der Waals surface area contributed by atoms with Crippen LogP contribution >= 0.6 is 0 Å². The maximum absolute atomic E-state index is 12.3. The quantitative estimate of drug-likeness (QED) is 0.565. The van der Waals surface area contributed by atoms with Gasteiger partial charge in [-0.25, -0.2) is 8.42 Å². The van der Waals surface area contributed by atoms with Gasteiger partial charge in [-0.3, -0.25) is 4.99 Å². The molecule has 1 aliphatic heterocycles. The number of hydrogen-bond acceptors (Lipinski definition) is 4. The summed E-state index contributed by atoms with van der Waals surface area (Å²) in [5, 5.41) is 6.54. The van der Waals surface area contributed by atoms with E-state index in [0.29, 0.717) is 23.4 Å². The molecule has 1 heterocycles. The van der Waals surface area contributed by atoms with Crippen LogP contribution in [0.5, 0.6) is 0 Å². The molecule has 1 fully saturated rings. The molecular weight excluding hydrogens is 336 g/mol. The molecule has 1 aromatic carbocycles. The van der Waals surface area contributed by atoms with Crippen LogP contribution in [0.3, 0.4) is 0 Å². The molecule has 1 saturated heterocycles. The van der Waals surface area contributed by atoms with Gasteiger partial charge in [0.2, 0.25) is 0 Å². The van der Waals surface area contributed by atoms with Gasteiger partial charge < -0.3 is 15.5 Å². The van der Waals surface area contributed by atoms with Crippen LogP contribution in [0, 0.1) is 0 Å². The van der Waals surface area contributed by atoms with Gasteiger partial charge in [-0.05, 0) is 37.9 Å². The van der Waals surface area contributed by atoms with Gasteiger partial charge >= 0.3 is 0 Å². The van der Waals surface area contributed by atoms with Crippen LogP contribution in [0.1, 0.15) is 26.2 Å². The monoisotopic (exact) mass is 366 g/mol. The molecule has 0 atom stereocenters. The molecule has 6 nitrogen and oxygen atoms in total. The lowest BCUT2D eigenvalue weighted by atomic mass is 10.1. The van der Waals surface area contributed by atoms with E-state index in [1.54, 1.807) is 31.3 Å². The number of benzene rings is 1. The van der Waals surface area contributed by atoms with Crippen molar-refractivity contribution >= 4 is 15.8 Å². The van der Waals surface area contributed by atoms with Crippen LogP contribution in [0.4, 0.5) is 0 Å². The number of guanidine groups is 1. The Bertz CT molecular complexity index is 638. The van der Waals surface area contributed by atoms with Crippen LogP contribution in [0.25, 0.3) is 0 Å². The van der Waals surface area contributed by atoms with E-state index < -0.39 is 9.84 Å². The largest absolute Gasteiger partial charge is 0.355 e. The van der Waals surface area contributed by atoms with E-state index >= 15 is 0 Å². The summed E-state index contributed by atoms with van der Waals surface area (Å²) in [7, 11) is -1.55. The molecule has 25 heavy (non-hydrogen) atoms. The summed E-state index contributed by atoms with van der Waals surface area (Å²) in [6, 6.07) is 8.95. The van der Waals surface area contributed by atoms with Crippen LogP contribution in [-0.2, 0) is 9.84 Å². The average Bonchev–Trinajstić information content (AvgIpc) is 2.63. The molecule has 7 heteroatoms. The van der Waals surface area contributed by atoms with E-state index in [1.807, 2.05) is 6.07 Å². The zero-order chi connectivity index (χ0) is 18.1. The van der Waals surface area contributed by atoms with Gasteiger partial charge in [0.15, 0.2) is 15.8 Å². The molecular formula is C18H30N4O2S. The van der Waals surface area contributed by atoms with Crippen molar-refractivity contribution < 1.29 is 8.42 Å². The Kier molecular flexibility index (Phi) is 7.71. The predicted octanol–water partition coefficient (Wildman–Crippen LogP) is 1.50. The summed E-state index contributed by atoms with van der Waals surface area (Å²) in [5.41, 5.74) is 0. The fraction of sp³-hybridized carbons (Fsp3) is 0.611. The minimum absolute atomic E-state index is 0.0483. The highest BCUT2D eigenvalue weighted by Crippen LogP contribution is 2.11. The second-order valence-electron chi connectivity index (χ2n) is 6.39. The number of rotatable bonds is 7. The summed E-state index contributed by atoms with van der Waals surface area (Å²) in [6.45, 7) is 5.91. The summed E-state index contributed by atoms with van der Waals surface area (Å²) in [4.78, 5) is 7.07. The number of hydrogen-bond donors (Lipinski definition) is 2. The lowest BCUT2D eigenvalue weighted by Crippen LogP contribution is -2.49. The molecule has 0 saturated carbocycles. The molecule has 2 rings (SSSR count). The number of likely N-dealkylation sites (tertiary alicyclic amines) is 1. The standard InChI is InChI=1S/C18H30N4O2S/c1-3-12-22-13-9-16(10-14-22)21-18(19-2)20-11-15-25(23,24)17-7-5-4-6-8-17/h4-8,16H,3,9-15H2,1-2H3,(H2,19,20,21). The minimum Gasteiger partial charge on any atom is -0.355 e. The van der Waals surface area contributed by atoms with Crippen molar-refractivity contribution in [2.45, 2.75) is 37.1 Å². The molecule has 0 unspecified atom stereocenters. The zero-order valence-electron chi connectivity index (χ0n) is 15.2. The van der Waals surface area contributed by atoms with E-state index in [-0.39, 0.29) is 5.75 Å². The smallest absolute Gasteiger partial charge is 0.191 e. The Morgan fingerprint density at radius 1 is 1.24 bits per heavy atom. The summed E-state index contributed by atoms with van der Waals surface area (Å²) < 4.78 is 24.6. The van der Waals surface area contributed by atoms with Crippen molar-refractivity contribution in [3.63, 3.8) is 0 Å². The van der Waals surface area contributed by atoms with Gasteiger partial charge in [0.25, 0.3) is 0 Å². The molecule has 140 valence electrons. The van der Waals surface area contributed by atoms with Gasteiger partial charge in [-0.1, -0.05) is 25.1 Å². The topological polar surface area (TPSA) is 73.8 Å². The highest BCUT2D eigenvalue weighted by molar-refractivity contribution is 7.91. The molecule has 0 bridgehead atoms. The Morgan fingerprint density at radius 2 is 1.92 bits per heavy atom. The third kappa shape index (κ3) is 6.32. The van der Waals surface area contributed by atoms with Crippen molar-refractivity contribution in [2.24, 2.45) is 4.99 Å². The number of nitrogens with zero attached hydrogens (tertiary/aromatic N) is 2. The Hall–Kier alpha value is -1.60. The third-order valence-corrected chi connectivity index (χ3v) is 6.19. The van der Waals surface area contributed by atoms with Crippen molar-refractivity contribution in [3.8, 4) is 0 Å². The van der Waals surface area contributed by atoms with Gasteiger partial charge in [0, 0.05) is 32.7 Å². The fourth-order valence-electron chi connectivity index (χ4n) is 3.05.